The van der Waals surface area contributed by atoms with Crippen LogP contribution in [0.15, 0.2) is 35.1 Å². The fourth-order valence-electron chi connectivity index (χ4n) is 4.86. The second-order valence-electron chi connectivity index (χ2n) is 9.32. The lowest BCUT2D eigenvalue weighted by Crippen LogP contribution is -2.51. The summed E-state index contributed by atoms with van der Waals surface area (Å²) in [5.74, 6) is 0.131. The Bertz CT molecular complexity index is 1150. The fourth-order valence-corrected chi connectivity index (χ4v) is 4.86. The molecule has 2 amide bonds. The number of nitrogens with zero attached hydrogens (tertiary/aromatic N) is 4. The highest BCUT2D eigenvalue weighted by Crippen LogP contribution is 2.30. The molecule has 1 aliphatic heterocycles. The molecular weight excluding hydrogens is 461 g/mol. The van der Waals surface area contributed by atoms with Gasteiger partial charge in [0.05, 0.1) is 11.3 Å². The maximum absolute atomic E-state index is 13.1. The summed E-state index contributed by atoms with van der Waals surface area (Å²) >= 11 is 0. The molecule has 0 radical (unpaired) electrons. The topological polar surface area (TPSA) is 75.5 Å². The van der Waals surface area contributed by atoms with Gasteiger partial charge in [-0.05, 0) is 37.5 Å². The second-order valence-corrected chi connectivity index (χ2v) is 9.32. The van der Waals surface area contributed by atoms with Crippen LogP contribution < -0.4 is 5.43 Å². The van der Waals surface area contributed by atoms with Crippen LogP contribution in [-0.4, -0.2) is 57.6 Å². The van der Waals surface area contributed by atoms with Crippen molar-refractivity contribution in [3.8, 4) is 5.69 Å². The monoisotopic (exact) mass is 490 g/mol. The molecule has 2 aliphatic rings. The van der Waals surface area contributed by atoms with E-state index in [1.807, 2.05) is 0 Å². The molecule has 2 aromatic rings. The van der Waals surface area contributed by atoms with Gasteiger partial charge >= 0.3 is 6.18 Å². The molecular formula is C25H29F3N4O3. The summed E-state index contributed by atoms with van der Waals surface area (Å²) in [4.78, 5) is 41.4. The Morgan fingerprint density at radius 3 is 2.34 bits per heavy atom. The molecule has 0 bridgehead atoms. The maximum atomic E-state index is 13.1. The van der Waals surface area contributed by atoms with Crippen molar-refractivity contribution < 1.29 is 22.8 Å². The van der Waals surface area contributed by atoms with E-state index >= 15 is 0 Å². The number of benzene rings is 1. The van der Waals surface area contributed by atoms with Gasteiger partial charge in [-0.3, -0.25) is 14.4 Å². The zero-order chi connectivity index (χ0) is 25.2. The Balaban J connectivity index is 1.45. The molecule has 1 aromatic carbocycles. The van der Waals surface area contributed by atoms with Crippen LogP contribution in [0.3, 0.4) is 0 Å². The van der Waals surface area contributed by atoms with Crippen molar-refractivity contribution in [1.82, 2.24) is 19.6 Å². The maximum Gasteiger partial charge on any atom is 0.416 e. The Morgan fingerprint density at radius 1 is 1.03 bits per heavy atom. The number of alkyl halides is 3. The second kappa shape index (κ2) is 10.2. The first-order valence-corrected chi connectivity index (χ1v) is 12.0. The third kappa shape index (κ3) is 5.74. The number of carbonyl (C=O) groups excluding carboxylic acids is 2. The van der Waals surface area contributed by atoms with Gasteiger partial charge in [-0.2, -0.15) is 18.3 Å². The molecule has 2 fully saturated rings. The Labute approximate surface area is 201 Å². The van der Waals surface area contributed by atoms with Crippen LogP contribution in [0.5, 0.6) is 0 Å². The van der Waals surface area contributed by atoms with Gasteiger partial charge in [0.2, 0.25) is 11.3 Å². The van der Waals surface area contributed by atoms with Gasteiger partial charge in [0.15, 0.2) is 5.69 Å². The number of piperazine rings is 1. The average Bonchev–Trinajstić information content (AvgIpc) is 3.36. The number of amides is 2. The highest BCUT2D eigenvalue weighted by molar-refractivity contribution is 5.92. The number of hydrogen-bond acceptors (Lipinski definition) is 4. The number of aryl methyl sites for hydroxylation is 1. The van der Waals surface area contributed by atoms with Crippen LogP contribution in [0.1, 0.15) is 60.3 Å². The molecule has 4 rings (SSSR count). The first-order valence-electron chi connectivity index (χ1n) is 12.0. The minimum Gasteiger partial charge on any atom is -0.339 e. The predicted octanol–water partition coefficient (Wildman–Crippen LogP) is 3.81. The number of halogens is 3. The summed E-state index contributed by atoms with van der Waals surface area (Å²) in [6, 6.07) is 5.76. The van der Waals surface area contributed by atoms with E-state index in [-0.39, 0.29) is 30.4 Å². The number of rotatable bonds is 5. The summed E-state index contributed by atoms with van der Waals surface area (Å²) < 4.78 is 40.6. The third-order valence-corrected chi connectivity index (χ3v) is 6.89. The van der Waals surface area contributed by atoms with E-state index in [4.69, 9.17) is 0 Å². The number of aromatic nitrogens is 2. The van der Waals surface area contributed by atoms with Gasteiger partial charge in [-0.1, -0.05) is 31.7 Å². The molecule has 1 aliphatic carbocycles. The average molecular weight is 491 g/mol. The van der Waals surface area contributed by atoms with E-state index in [0.717, 1.165) is 18.6 Å². The van der Waals surface area contributed by atoms with Crippen LogP contribution in [0.25, 0.3) is 5.69 Å². The van der Waals surface area contributed by atoms with Crippen molar-refractivity contribution >= 4 is 11.8 Å². The van der Waals surface area contributed by atoms with E-state index in [2.05, 4.69) is 5.10 Å². The van der Waals surface area contributed by atoms with Crippen molar-refractivity contribution in [1.29, 1.82) is 0 Å². The van der Waals surface area contributed by atoms with Crippen LogP contribution in [0.4, 0.5) is 13.2 Å². The normalized spacial score (nSPS) is 17.1. The molecule has 0 unspecified atom stereocenters. The van der Waals surface area contributed by atoms with Crippen molar-refractivity contribution in [3.63, 3.8) is 0 Å². The lowest BCUT2D eigenvalue weighted by molar-refractivity contribution is -0.137. The van der Waals surface area contributed by atoms with Crippen LogP contribution in [0, 0.1) is 12.8 Å². The minimum atomic E-state index is -4.53. The van der Waals surface area contributed by atoms with E-state index in [9.17, 15) is 27.6 Å². The van der Waals surface area contributed by atoms with Gasteiger partial charge in [0.25, 0.3) is 5.91 Å². The molecule has 35 heavy (non-hydrogen) atoms. The van der Waals surface area contributed by atoms with Crippen molar-refractivity contribution in [2.45, 2.75) is 51.6 Å². The molecule has 1 saturated carbocycles. The van der Waals surface area contributed by atoms with Gasteiger partial charge in [-0.25, -0.2) is 4.68 Å². The standard InChI is InChI=1S/C25H29F3N4O3/c1-17-15-21(33)23(29-32(17)20-8-4-7-19(16-20)25(26,27)28)24(35)31-13-11-30(12-14-31)22(34)10-9-18-5-2-3-6-18/h4,7-8,15-16,18H,2-3,5-6,9-14H2,1H3. The first kappa shape index (κ1) is 24.9. The minimum absolute atomic E-state index is 0.0874. The molecule has 1 aromatic heterocycles. The van der Waals surface area contributed by atoms with Crippen LogP contribution >= 0.6 is 0 Å². The molecule has 0 atom stereocenters. The highest BCUT2D eigenvalue weighted by atomic mass is 19.4. The molecule has 0 spiro atoms. The zero-order valence-corrected chi connectivity index (χ0v) is 19.7. The van der Waals surface area contributed by atoms with Crippen molar-refractivity contribution in [3.05, 3.63) is 57.5 Å². The van der Waals surface area contributed by atoms with Crippen molar-refractivity contribution in [2.75, 3.05) is 26.2 Å². The Hall–Kier alpha value is -3.17. The largest absolute Gasteiger partial charge is 0.416 e. The summed E-state index contributed by atoms with van der Waals surface area (Å²) in [6.45, 7) is 2.84. The van der Waals surface area contributed by atoms with Gasteiger partial charge < -0.3 is 9.80 Å². The number of carbonyl (C=O) groups is 2. The van der Waals surface area contributed by atoms with Gasteiger partial charge in [-0.15, -0.1) is 0 Å². The summed E-state index contributed by atoms with van der Waals surface area (Å²) in [6.07, 6.45) is 1.74. The van der Waals surface area contributed by atoms with Crippen LogP contribution in [-0.2, 0) is 11.0 Å². The molecule has 10 heteroatoms. The zero-order valence-electron chi connectivity index (χ0n) is 19.7. The first-order chi connectivity index (χ1) is 16.6. The van der Waals surface area contributed by atoms with E-state index in [1.165, 1.54) is 53.5 Å². The predicted molar refractivity (Wildman–Crippen MR) is 123 cm³/mol. The SMILES string of the molecule is Cc1cc(=O)c(C(=O)N2CCN(C(=O)CCC3CCCC3)CC2)nn1-c1cccc(C(F)(F)F)c1. The smallest absolute Gasteiger partial charge is 0.339 e. The Morgan fingerprint density at radius 2 is 1.69 bits per heavy atom. The quantitative estimate of drug-likeness (QED) is 0.639. The van der Waals surface area contributed by atoms with Crippen LogP contribution in [0.2, 0.25) is 0 Å². The molecule has 7 nitrogen and oxygen atoms in total. The molecule has 1 saturated heterocycles. The van der Waals surface area contributed by atoms with E-state index in [0.29, 0.717) is 31.1 Å². The summed E-state index contributed by atoms with van der Waals surface area (Å²) in [5.41, 5.74) is -1.39. The van der Waals surface area contributed by atoms with E-state index < -0.39 is 23.1 Å². The third-order valence-electron chi connectivity index (χ3n) is 6.89. The number of hydrogen-bond donors (Lipinski definition) is 0. The summed E-state index contributed by atoms with van der Waals surface area (Å²) in [7, 11) is 0. The molecule has 188 valence electrons. The molecule has 0 N–H and O–H groups in total. The highest BCUT2D eigenvalue weighted by Gasteiger charge is 2.31. The fraction of sp³-hybridized carbons (Fsp3) is 0.520. The van der Waals surface area contributed by atoms with Gasteiger partial charge in [0, 0.05) is 44.4 Å². The summed E-state index contributed by atoms with van der Waals surface area (Å²) in [5, 5.41) is 4.13. The Kier molecular flexibility index (Phi) is 7.28. The van der Waals surface area contributed by atoms with E-state index in [1.54, 1.807) is 11.8 Å². The van der Waals surface area contributed by atoms with Gasteiger partial charge in [0.1, 0.15) is 0 Å². The lowest BCUT2D eigenvalue weighted by atomic mass is 10.0. The molecule has 2 heterocycles. The lowest BCUT2D eigenvalue weighted by Gasteiger charge is -2.34. The van der Waals surface area contributed by atoms with Crippen molar-refractivity contribution in [2.24, 2.45) is 5.92 Å².